The number of benzene rings is 1. The van der Waals surface area contributed by atoms with Gasteiger partial charge in [0.05, 0.1) is 5.92 Å². The SMILES string of the molecule is CCN(CCCNC(=O)[C@H]1CCCN(c2ncnc3c2nc2n3CCCCC2)C1)c1cccc(C)c1. The van der Waals surface area contributed by atoms with Crippen molar-refractivity contribution < 1.29 is 4.79 Å². The quantitative estimate of drug-likeness (QED) is 0.480. The van der Waals surface area contributed by atoms with Crippen LogP contribution in [0.25, 0.3) is 11.2 Å². The summed E-state index contributed by atoms with van der Waals surface area (Å²) in [6, 6.07) is 8.62. The minimum atomic E-state index is -0.0248. The molecule has 8 heteroatoms. The smallest absolute Gasteiger partial charge is 0.224 e. The van der Waals surface area contributed by atoms with Crippen molar-refractivity contribution in [3.63, 3.8) is 0 Å². The number of nitrogens with one attached hydrogen (secondary N) is 1. The molecule has 36 heavy (non-hydrogen) atoms. The summed E-state index contributed by atoms with van der Waals surface area (Å²) >= 11 is 0. The van der Waals surface area contributed by atoms with Crippen molar-refractivity contribution >= 4 is 28.6 Å². The predicted molar refractivity (Wildman–Crippen MR) is 145 cm³/mol. The third-order valence-corrected chi connectivity index (χ3v) is 7.62. The number of nitrogens with zero attached hydrogens (tertiary/aromatic N) is 6. The molecule has 1 saturated heterocycles. The van der Waals surface area contributed by atoms with Crippen molar-refractivity contribution in [2.24, 2.45) is 5.92 Å². The topological polar surface area (TPSA) is 79.2 Å². The molecule has 0 spiro atoms. The number of aryl methyl sites for hydroxylation is 3. The van der Waals surface area contributed by atoms with Crippen molar-refractivity contribution in [3.05, 3.63) is 42.0 Å². The van der Waals surface area contributed by atoms with Crippen LogP contribution in [-0.4, -0.2) is 58.1 Å². The fourth-order valence-electron chi connectivity index (χ4n) is 5.66. The van der Waals surface area contributed by atoms with Gasteiger partial charge >= 0.3 is 0 Å². The average molecular weight is 490 g/mol. The van der Waals surface area contributed by atoms with Crippen LogP contribution in [0.15, 0.2) is 30.6 Å². The Labute approximate surface area is 214 Å². The molecule has 2 aromatic heterocycles. The van der Waals surface area contributed by atoms with Gasteiger partial charge in [0, 0.05) is 51.4 Å². The second-order valence-electron chi connectivity index (χ2n) is 10.2. The van der Waals surface area contributed by atoms with E-state index >= 15 is 0 Å². The second-order valence-corrected chi connectivity index (χ2v) is 10.2. The van der Waals surface area contributed by atoms with E-state index in [9.17, 15) is 4.79 Å². The lowest BCUT2D eigenvalue weighted by molar-refractivity contribution is -0.125. The number of fused-ring (bicyclic) bond motifs is 3. The molecular weight excluding hydrogens is 450 g/mol. The van der Waals surface area contributed by atoms with Gasteiger partial charge in [-0.05, 0) is 63.6 Å². The van der Waals surface area contributed by atoms with Crippen LogP contribution in [0.2, 0.25) is 0 Å². The molecule has 1 N–H and O–H groups in total. The highest BCUT2D eigenvalue weighted by atomic mass is 16.1. The number of carbonyl (C=O) groups is 1. The number of amides is 1. The number of anilines is 2. The normalized spacial score (nSPS) is 18.1. The lowest BCUT2D eigenvalue weighted by atomic mass is 9.97. The number of hydrogen-bond acceptors (Lipinski definition) is 6. The highest BCUT2D eigenvalue weighted by molar-refractivity contribution is 5.85. The zero-order chi connectivity index (χ0) is 24.9. The number of rotatable bonds is 8. The minimum Gasteiger partial charge on any atom is -0.372 e. The van der Waals surface area contributed by atoms with Crippen LogP contribution in [0.3, 0.4) is 0 Å². The number of piperidine rings is 1. The molecule has 2 aliphatic rings. The van der Waals surface area contributed by atoms with Gasteiger partial charge in [-0.1, -0.05) is 18.6 Å². The van der Waals surface area contributed by atoms with Gasteiger partial charge in [-0.3, -0.25) is 4.79 Å². The maximum absolute atomic E-state index is 13.1. The third-order valence-electron chi connectivity index (χ3n) is 7.62. The largest absolute Gasteiger partial charge is 0.372 e. The molecular formula is C28H39N7O. The molecule has 1 amide bonds. The molecule has 2 aliphatic heterocycles. The molecule has 0 saturated carbocycles. The number of imidazole rings is 1. The fourth-order valence-corrected chi connectivity index (χ4v) is 5.66. The summed E-state index contributed by atoms with van der Waals surface area (Å²) in [6.07, 6.45) is 9.08. The standard InChI is InChI=1S/C28H39N7O/c1-3-33(23-12-7-10-21(2)18-23)16-9-14-29-28(36)22-11-8-15-34(19-22)26-25-27(31-20-30-26)35-17-6-4-5-13-24(35)32-25/h7,10,12,18,20,22H,3-6,8-9,11,13-17,19H2,1-2H3,(H,29,36)/t22-/m0/s1. The van der Waals surface area contributed by atoms with Crippen LogP contribution in [-0.2, 0) is 17.8 Å². The summed E-state index contributed by atoms with van der Waals surface area (Å²) in [5.74, 6) is 2.14. The third kappa shape index (κ3) is 5.32. The average Bonchev–Trinajstić information content (AvgIpc) is 3.09. The molecule has 1 aromatic carbocycles. The number of aromatic nitrogens is 4. The predicted octanol–water partition coefficient (Wildman–Crippen LogP) is 4.11. The molecule has 4 heterocycles. The van der Waals surface area contributed by atoms with Crippen molar-refractivity contribution in [2.45, 2.75) is 65.3 Å². The van der Waals surface area contributed by atoms with Crippen LogP contribution >= 0.6 is 0 Å². The lowest BCUT2D eigenvalue weighted by Crippen LogP contribution is -2.44. The first-order valence-corrected chi connectivity index (χ1v) is 13.7. The van der Waals surface area contributed by atoms with E-state index in [1.807, 2.05) is 0 Å². The molecule has 1 atom stereocenters. The van der Waals surface area contributed by atoms with Gasteiger partial charge in [0.15, 0.2) is 17.0 Å². The number of carbonyl (C=O) groups excluding carboxylic acids is 1. The molecule has 0 aliphatic carbocycles. The van der Waals surface area contributed by atoms with E-state index in [2.05, 4.69) is 67.8 Å². The zero-order valence-corrected chi connectivity index (χ0v) is 21.7. The van der Waals surface area contributed by atoms with Crippen LogP contribution in [0.4, 0.5) is 11.5 Å². The lowest BCUT2D eigenvalue weighted by Gasteiger charge is -2.33. The number of hydrogen-bond donors (Lipinski definition) is 1. The molecule has 8 nitrogen and oxygen atoms in total. The Hall–Kier alpha value is -3.16. The maximum Gasteiger partial charge on any atom is 0.224 e. The Kier molecular flexibility index (Phi) is 7.68. The molecule has 5 rings (SSSR count). The first kappa shape index (κ1) is 24.5. The monoisotopic (exact) mass is 489 g/mol. The molecule has 0 unspecified atom stereocenters. The van der Waals surface area contributed by atoms with E-state index in [0.29, 0.717) is 13.1 Å². The van der Waals surface area contributed by atoms with E-state index in [4.69, 9.17) is 4.98 Å². The molecule has 1 fully saturated rings. The van der Waals surface area contributed by atoms with Gasteiger partial charge in [-0.25, -0.2) is 15.0 Å². The first-order valence-electron chi connectivity index (χ1n) is 13.7. The molecule has 0 radical (unpaired) electrons. The van der Waals surface area contributed by atoms with Crippen LogP contribution < -0.4 is 15.1 Å². The Balaban J connectivity index is 1.18. The summed E-state index contributed by atoms with van der Waals surface area (Å²) < 4.78 is 2.28. The van der Waals surface area contributed by atoms with Crippen LogP contribution in [0.5, 0.6) is 0 Å². The van der Waals surface area contributed by atoms with E-state index in [1.54, 1.807) is 6.33 Å². The van der Waals surface area contributed by atoms with Gasteiger partial charge in [0.2, 0.25) is 5.91 Å². The highest BCUT2D eigenvalue weighted by Gasteiger charge is 2.29. The summed E-state index contributed by atoms with van der Waals surface area (Å²) in [4.78, 5) is 31.9. The summed E-state index contributed by atoms with van der Waals surface area (Å²) in [7, 11) is 0. The Morgan fingerprint density at radius 1 is 1.17 bits per heavy atom. The first-order chi connectivity index (χ1) is 17.6. The van der Waals surface area contributed by atoms with Gasteiger partial charge in [-0.2, -0.15) is 0 Å². The van der Waals surface area contributed by atoms with Gasteiger partial charge in [-0.15, -0.1) is 0 Å². The van der Waals surface area contributed by atoms with E-state index in [0.717, 1.165) is 74.7 Å². The van der Waals surface area contributed by atoms with E-state index in [-0.39, 0.29) is 11.8 Å². The molecule has 3 aromatic rings. The van der Waals surface area contributed by atoms with Crippen molar-refractivity contribution in [3.8, 4) is 0 Å². The van der Waals surface area contributed by atoms with Crippen molar-refractivity contribution in [1.29, 1.82) is 0 Å². The molecule has 0 bridgehead atoms. The summed E-state index contributed by atoms with van der Waals surface area (Å²) in [5, 5.41) is 3.21. The Morgan fingerprint density at radius 3 is 2.94 bits per heavy atom. The van der Waals surface area contributed by atoms with Crippen LogP contribution in [0, 0.1) is 12.8 Å². The van der Waals surface area contributed by atoms with E-state index in [1.165, 1.54) is 30.5 Å². The highest BCUT2D eigenvalue weighted by Crippen LogP contribution is 2.29. The van der Waals surface area contributed by atoms with Crippen molar-refractivity contribution in [1.82, 2.24) is 24.8 Å². The maximum atomic E-state index is 13.1. The van der Waals surface area contributed by atoms with Gasteiger partial charge in [0.1, 0.15) is 12.2 Å². The van der Waals surface area contributed by atoms with Crippen LogP contribution in [0.1, 0.15) is 56.8 Å². The summed E-state index contributed by atoms with van der Waals surface area (Å²) in [6.45, 7) is 9.46. The second kappa shape index (κ2) is 11.3. The molecule has 192 valence electrons. The van der Waals surface area contributed by atoms with Crippen molar-refractivity contribution in [2.75, 3.05) is 42.5 Å². The summed E-state index contributed by atoms with van der Waals surface area (Å²) in [5.41, 5.74) is 4.36. The zero-order valence-electron chi connectivity index (χ0n) is 21.7. The minimum absolute atomic E-state index is 0.0248. The van der Waals surface area contributed by atoms with Gasteiger partial charge in [0.25, 0.3) is 0 Å². The van der Waals surface area contributed by atoms with E-state index < -0.39 is 0 Å². The fraction of sp³-hybridized carbons (Fsp3) is 0.571. The Morgan fingerprint density at radius 2 is 2.08 bits per heavy atom. The van der Waals surface area contributed by atoms with Gasteiger partial charge < -0.3 is 19.7 Å². The Bertz CT molecular complexity index is 1190.